The van der Waals surface area contributed by atoms with Crippen molar-refractivity contribution in [2.24, 2.45) is 0 Å². The van der Waals surface area contributed by atoms with Gasteiger partial charge in [0.25, 0.3) is 0 Å². The summed E-state index contributed by atoms with van der Waals surface area (Å²) in [5.41, 5.74) is 10.5. The first kappa shape index (κ1) is 22.1. The Balaban J connectivity index is 0.000000220. The molecule has 0 fully saturated rings. The summed E-state index contributed by atoms with van der Waals surface area (Å²) >= 11 is 0. The molecular weight excluding hydrogens is 390 g/mol. The highest BCUT2D eigenvalue weighted by Crippen LogP contribution is 2.36. The highest BCUT2D eigenvalue weighted by Gasteiger charge is 2.36. The van der Waals surface area contributed by atoms with Crippen LogP contribution in [0.25, 0.3) is 33.3 Å². The molecule has 0 aliphatic carbocycles. The molecule has 4 rings (SSSR count). The number of aromatic amines is 2. The van der Waals surface area contributed by atoms with E-state index in [9.17, 15) is 0 Å². The van der Waals surface area contributed by atoms with Crippen molar-refractivity contribution < 1.29 is 4.43 Å². The van der Waals surface area contributed by atoms with Crippen molar-refractivity contribution >= 4 is 36.2 Å². The first-order valence-electron chi connectivity index (χ1n) is 10.4. The lowest BCUT2D eigenvalue weighted by molar-refractivity contribution is 0.308. The van der Waals surface area contributed by atoms with Crippen molar-refractivity contribution in [1.82, 2.24) is 19.9 Å². The number of hydrogen-bond acceptors (Lipinski definition) is 4. The summed E-state index contributed by atoms with van der Waals surface area (Å²) in [4.78, 5) is 15.3. The zero-order valence-corrected chi connectivity index (χ0v) is 20.1. The number of nitrogens with two attached hydrogens (primary N) is 1. The maximum atomic E-state index is 5.89. The number of fused-ring (bicyclic) bond motifs is 2. The van der Waals surface area contributed by atoms with Crippen molar-refractivity contribution in [2.75, 3.05) is 12.3 Å². The van der Waals surface area contributed by atoms with Gasteiger partial charge >= 0.3 is 0 Å². The number of nitrogen functional groups attached to an aromatic ring is 1. The van der Waals surface area contributed by atoms with Gasteiger partial charge < -0.3 is 20.1 Å². The third-order valence-electron chi connectivity index (χ3n) is 5.73. The summed E-state index contributed by atoms with van der Waals surface area (Å²) in [7, 11) is -1.40. The van der Waals surface area contributed by atoms with E-state index in [0.717, 1.165) is 34.7 Å². The Kier molecular flexibility index (Phi) is 6.05. The van der Waals surface area contributed by atoms with E-state index in [1.54, 1.807) is 0 Å². The van der Waals surface area contributed by atoms with Gasteiger partial charge in [-0.15, -0.1) is 0 Å². The van der Waals surface area contributed by atoms with Gasteiger partial charge in [-0.3, -0.25) is 0 Å². The van der Waals surface area contributed by atoms with E-state index in [1.165, 1.54) is 5.39 Å². The van der Waals surface area contributed by atoms with Crippen LogP contribution >= 0.6 is 0 Å². The van der Waals surface area contributed by atoms with Crippen molar-refractivity contribution in [3.63, 3.8) is 0 Å². The number of aromatic nitrogens is 4. The Morgan fingerprint density at radius 3 is 2.37 bits per heavy atom. The fraction of sp³-hybridized carbons (Fsp3) is 0.391. The first-order valence-corrected chi connectivity index (χ1v) is 13.3. The molecule has 0 atom stereocenters. The van der Waals surface area contributed by atoms with Crippen LogP contribution in [0.4, 0.5) is 5.82 Å². The molecule has 160 valence electrons. The van der Waals surface area contributed by atoms with Crippen LogP contribution in [0.5, 0.6) is 0 Å². The molecule has 0 bridgehead atoms. The molecule has 0 saturated heterocycles. The Labute approximate surface area is 179 Å². The van der Waals surface area contributed by atoms with Crippen LogP contribution < -0.4 is 5.73 Å². The van der Waals surface area contributed by atoms with Gasteiger partial charge in [0.15, 0.2) is 14.0 Å². The van der Waals surface area contributed by atoms with Crippen LogP contribution in [-0.2, 0) is 4.43 Å². The van der Waals surface area contributed by atoms with Gasteiger partial charge in [-0.05, 0) is 50.2 Å². The normalized spacial score (nSPS) is 12.2. The molecule has 30 heavy (non-hydrogen) atoms. The van der Waals surface area contributed by atoms with E-state index < -0.39 is 8.32 Å². The van der Waals surface area contributed by atoms with Crippen LogP contribution in [0.2, 0.25) is 18.1 Å². The van der Waals surface area contributed by atoms with Crippen molar-refractivity contribution in [2.45, 2.75) is 52.8 Å². The van der Waals surface area contributed by atoms with Gasteiger partial charge in [0.1, 0.15) is 11.6 Å². The second-order valence-electron chi connectivity index (χ2n) is 9.08. The first-order chi connectivity index (χ1) is 14.0. The van der Waals surface area contributed by atoms with Crippen LogP contribution in [-0.4, -0.2) is 34.9 Å². The molecule has 1 aromatic carbocycles. The van der Waals surface area contributed by atoms with E-state index >= 15 is 0 Å². The van der Waals surface area contributed by atoms with E-state index in [4.69, 9.17) is 10.2 Å². The number of nitrogens with zero attached hydrogens (tertiary/aromatic N) is 2. The fourth-order valence-corrected chi connectivity index (χ4v) is 4.29. The Bertz CT molecular complexity index is 1120. The van der Waals surface area contributed by atoms with Crippen molar-refractivity contribution in [3.05, 3.63) is 42.2 Å². The number of para-hydroxylation sites is 1. The topological polar surface area (TPSA) is 92.6 Å². The molecule has 4 aromatic rings. The molecule has 3 heterocycles. The summed E-state index contributed by atoms with van der Waals surface area (Å²) in [5, 5.41) is 1.53. The highest BCUT2D eigenvalue weighted by atomic mass is 28.4. The smallest absolute Gasteiger partial charge is 0.191 e. The number of imidazole rings is 1. The van der Waals surface area contributed by atoms with Gasteiger partial charge in [0.05, 0.1) is 5.52 Å². The van der Waals surface area contributed by atoms with Gasteiger partial charge in [0.2, 0.25) is 0 Å². The summed E-state index contributed by atoms with van der Waals surface area (Å²) < 4.78 is 5.73. The van der Waals surface area contributed by atoms with Crippen molar-refractivity contribution in [3.8, 4) is 11.3 Å². The number of anilines is 1. The van der Waals surface area contributed by atoms with Gasteiger partial charge in [0, 0.05) is 28.8 Å². The number of rotatable bonds is 3. The number of hydrogen-bond donors (Lipinski definition) is 3. The lowest BCUT2D eigenvalue weighted by atomic mass is 10.1. The second-order valence-corrected chi connectivity index (χ2v) is 13.9. The maximum Gasteiger partial charge on any atom is 0.191 e. The average Bonchev–Trinajstić information content (AvgIpc) is 3.23. The molecule has 0 spiro atoms. The predicted octanol–water partition coefficient (Wildman–Crippen LogP) is 6.02. The zero-order chi connectivity index (χ0) is 22.1. The SMILES string of the molecule is CCO[Si](C)(C)C(C)(C)C.Cc1nc2nc(N)cc(-c3cc4ccccc4[nH]3)c2[nH]1. The monoisotopic (exact) mass is 423 g/mol. The number of nitrogens with one attached hydrogen (secondary N) is 2. The molecule has 6 nitrogen and oxygen atoms in total. The Morgan fingerprint density at radius 2 is 1.77 bits per heavy atom. The maximum absolute atomic E-state index is 5.89. The van der Waals surface area contributed by atoms with E-state index in [1.807, 2.05) is 25.1 Å². The number of H-pyrrole nitrogens is 2. The molecule has 0 radical (unpaired) electrons. The fourth-order valence-electron chi connectivity index (χ4n) is 3.13. The van der Waals surface area contributed by atoms with Crippen LogP contribution in [0.1, 0.15) is 33.5 Å². The third-order valence-corrected chi connectivity index (χ3v) is 10.4. The number of pyridine rings is 1. The molecule has 0 amide bonds. The van der Waals surface area contributed by atoms with Crippen LogP contribution in [0.15, 0.2) is 36.4 Å². The minimum absolute atomic E-state index is 0.364. The standard InChI is InChI=1S/C15H13N5.C8H20OSi/c1-8-17-14-10(7-13(16)20-15(14)18-8)12-6-9-4-2-3-5-11(9)19-12;1-7-9-10(5,6)8(2,3)4/h2-7,19H,1H3,(H3,16,17,18,20);7H2,1-6H3. The molecule has 3 aromatic heterocycles. The highest BCUT2D eigenvalue weighted by molar-refractivity contribution is 6.74. The van der Waals surface area contributed by atoms with E-state index in [2.05, 4.69) is 78.9 Å². The zero-order valence-electron chi connectivity index (χ0n) is 19.1. The Morgan fingerprint density at radius 1 is 1.07 bits per heavy atom. The minimum atomic E-state index is -1.40. The molecule has 4 N–H and O–H groups in total. The molecule has 0 saturated carbocycles. The van der Waals surface area contributed by atoms with Crippen LogP contribution in [0.3, 0.4) is 0 Å². The predicted molar refractivity (Wildman–Crippen MR) is 129 cm³/mol. The average molecular weight is 424 g/mol. The lowest BCUT2D eigenvalue weighted by Gasteiger charge is -2.35. The minimum Gasteiger partial charge on any atom is -0.417 e. The number of benzene rings is 1. The Hall–Kier alpha value is -2.64. The third kappa shape index (κ3) is 4.57. The summed E-state index contributed by atoms with van der Waals surface area (Å²) in [5.74, 6) is 1.30. The van der Waals surface area contributed by atoms with E-state index in [-0.39, 0.29) is 0 Å². The van der Waals surface area contributed by atoms with Gasteiger partial charge in [-0.1, -0.05) is 39.0 Å². The molecule has 0 aliphatic heterocycles. The molecule has 0 aliphatic rings. The van der Waals surface area contributed by atoms with Gasteiger partial charge in [-0.2, -0.15) is 0 Å². The van der Waals surface area contributed by atoms with Crippen molar-refractivity contribution in [1.29, 1.82) is 0 Å². The van der Waals surface area contributed by atoms with E-state index in [0.29, 0.717) is 16.5 Å². The molecule has 0 unspecified atom stereocenters. The van der Waals surface area contributed by atoms with Gasteiger partial charge in [-0.25, -0.2) is 9.97 Å². The largest absolute Gasteiger partial charge is 0.417 e. The summed E-state index contributed by atoms with van der Waals surface area (Å²) in [6, 6.07) is 12.1. The number of aryl methyl sites for hydroxylation is 1. The molecular formula is C23H33N5OSi. The summed E-state index contributed by atoms with van der Waals surface area (Å²) in [6.07, 6.45) is 0. The molecule has 7 heteroatoms. The lowest BCUT2D eigenvalue weighted by Crippen LogP contribution is -2.40. The van der Waals surface area contributed by atoms with Crippen LogP contribution in [0, 0.1) is 6.92 Å². The quantitative estimate of drug-likeness (QED) is 0.351. The second kappa shape index (κ2) is 8.24. The summed E-state index contributed by atoms with van der Waals surface area (Å²) in [6.45, 7) is 16.2.